The lowest BCUT2D eigenvalue weighted by atomic mass is 9.51. The predicted octanol–water partition coefficient (Wildman–Crippen LogP) is 4.48. The molecule has 0 heterocycles. The van der Waals surface area contributed by atoms with Gasteiger partial charge in [0, 0.05) is 35.9 Å². The quantitative estimate of drug-likeness (QED) is 0.350. The van der Waals surface area contributed by atoms with Crippen LogP contribution in [0.1, 0.15) is 81.9 Å². The maximum atomic E-state index is 12.7. The monoisotopic (exact) mass is 443 g/mol. The van der Waals surface area contributed by atoms with Crippen LogP contribution in [0.4, 0.5) is 0 Å². The molecule has 2 aliphatic rings. The van der Waals surface area contributed by atoms with Crippen molar-refractivity contribution in [2.75, 3.05) is 20.8 Å². The van der Waals surface area contributed by atoms with E-state index in [-0.39, 0.29) is 29.4 Å². The number of ketones is 1. The number of aromatic hydroxyl groups is 1. The van der Waals surface area contributed by atoms with Crippen LogP contribution in [0.15, 0.2) is 12.1 Å². The SMILES string of the molecule is CCCCNC1C(C)c2c(/C=C/C(=O)OC)cc(OC)c(O)c2[C@]2(CC)CC(=O)CCC12. The zero-order valence-corrected chi connectivity index (χ0v) is 20.0. The van der Waals surface area contributed by atoms with Crippen molar-refractivity contribution < 1.29 is 24.2 Å². The van der Waals surface area contributed by atoms with Crippen molar-refractivity contribution in [3.63, 3.8) is 0 Å². The lowest BCUT2D eigenvalue weighted by molar-refractivity contribution is -0.134. The van der Waals surface area contributed by atoms with E-state index in [0.29, 0.717) is 18.6 Å². The molecule has 2 N–H and O–H groups in total. The summed E-state index contributed by atoms with van der Waals surface area (Å²) in [5.74, 6) is 0.613. The Kier molecular flexibility index (Phi) is 7.65. The molecule has 6 heteroatoms. The average Bonchev–Trinajstić information content (AvgIpc) is 2.79. The van der Waals surface area contributed by atoms with Crippen LogP contribution in [0.5, 0.6) is 11.5 Å². The first-order chi connectivity index (χ1) is 15.3. The molecule has 1 aromatic carbocycles. The number of hydrogen-bond acceptors (Lipinski definition) is 6. The standard InChI is InChI=1S/C26H37NO5/c1-6-8-13-27-24-16(3)22-17(9-12-21(29)32-5)14-20(31-4)25(30)23(22)26(7-2)15-18(28)10-11-19(24)26/h9,12,14,16,19,24,27,30H,6-8,10-11,13,15H2,1-5H3/b12-9+/t16?,19?,24?,26-/m1/s1. The normalized spacial score (nSPS) is 27.2. The molecular formula is C26H37NO5. The minimum absolute atomic E-state index is 0.0915. The van der Waals surface area contributed by atoms with Gasteiger partial charge in [-0.2, -0.15) is 0 Å². The highest BCUT2D eigenvalue weighted by molar-refractivity contribution is 5.88. The van der Waals surface area contributed by atoms with Crippen molar-refractivity contribution in [1.82, 2.24) is 5.32 Å². The number of methoxy groups -OCH3 is 2. The van der Waals surface area contributed by atoms with Gasteiger partial charge in [-0.15, -0.1) is 0 Å². The average molecular weight is 444 g/mol. The highest BCUT2D eigenvalue weighted by Crippen LogP contribution is 2.59. The number of Topliss-reactive ketones (excluding diaryl/α,β-unsaturated/α-hetero) is 1. The highest BCUT2D eigenvalue weighted by Gasteiger charge is 2.54. The summed E-state index contributed by atoms with van der Waals surface area (Å²) in [4.78, 5) is 24.6. The Morgan fingerprint density at radius 2 is 2.09 bits per heavy atom. The van der Waals surface area contributed by atoms with E-state index in [9.17, 15) is 14.7 Å². The first-order valence-electron chi connectivity index (χ1n) is 11.8. The number of esters is 1. The molecule has 32 heavy (non-hydrogen) atoms. The van der Waals surface area contributed by atoms with Crippen molar-refractivity contribution in [1.29, 1.82) is 0 Å². The smallest absolute Gasteiger partial charge is 0.330 e. The lowest BCUT2D eigenvalue weighted by Crippen LogP contribution is -2.56. The Labute approximate surface area is 191 Å². The van der Waals surface area contributed by atoms with Gasteiger partial charge in [-0.05, 0) is 60.9 Å². The maximum Gasteiger partial charge on any atom is 0.330 e. The summed E-state index contributed by atoms with van der Waals surface area (Å²) >= 11 is 0. The fourth-order valence-electron chi connectivity index (χ4n) is 6.01. The molecule has 0 amide bonds. The van der Waals surface area contributed by atoms with Gasteiger partial charge in [-0.25, -0.2) is 4.79 Å². The zero-order valence-electron chi connectivity index (χ0n) is 20.0. The van der Waals surface area contributed by atoms with E-state index in [2.05, 4.69) is 26.1 Å². The maximum absolute atomic E-state index is 12.7. The van der Waals surface area contributed by atoms with E-state index < -0.39 is 11.4 Å². The first kappa shape index (κ1) is 24.3. The topological polar surface area (TPSA) is 84.9 Å². The van der Waals surface area contributed by atoms with E-state index in [4.69, 9.17) is 9.47 Å². The van der Waals surface area contributed by atoms with Gasteiger partial charge in [0.05, 0.1) is 14.2 Å². The number of fused-ring (bicyclic) bond motifs is 3. The Morgan fingerprint density at radius 3 is 2.72 bits per heavy atom. The van der Waals surface area contributed by atoms with Crippen LogP contribution in [-0.4, -0.2) is 43.7 Å². The van der Waals surface area contributed by atoms with E-state index >= 15 is 0 Å². The van der Waals surface area contributed by atoms with Crippen molar-refractivity contribution in [3.8, 4) is 11.5 Å². The number of hydrogen-bond donors (Lipinski definition) is 2. The molecule has 3 rings (SSSR count). The summed E-state index contributed by atoms with van der Waals surface area (Å²) in [6.07, 6.45) is 7.89. The van der Waals surface area contributed by atoms with Crippen LogP contribution in [0, 0.1) is 5.92 Å². The van der Waals surface area contributed by atoms with Crippen LogP contribution < -0.4 is 10.1 Å². The second-order valence-electron chi connectivity index (χ2n) is 9.15. The number of nitrogens with one attached hydrogen (secondary N) is 1. The minimum atomic E-state index is -0.465. The summed E-state index contributed by atoms with van der Waals surface area (Å²) < 4.78 is 10.3. The van der Waals surface area contributed by atoms with Crippen molar-refractivity contribution in [2.45, 2.75) is 76.7 Å². The van der Waals surface area contributed by atoms with Gasteiger partial charge in [-0.3, -0.25) is 4.79 Å². The summed E-state index contributed by atoms with van der Waals surface area (Å²) in [7, 11) is 2.87. The number of benzene rings is 1. The Morgan fingerprint density at radius 1 is 1.34 bits per heavy atom. The van der Waals surface area contributed by atoms with Crippen LogP contribution in [0.25, 0.3) is 6.08 Å². The number of carbonyl (C=O) groups is 2. The number of ether oxygens (including phenoxy) is 2. The number of carbonyl (C=O) groups excluding carboxylic acids is 2. The molecule has 1 fully saturated rings. The summed E-state index contributed by atoms with van der Waals surface area (Å²) in [6, 6.07) is 1.96. The third kappa shape index (κ3) is 4.17. The van der Waals surface area contributed by atoms with E-state index in [1.54, 1.807) is 12.1 Å². The Balaban J connectivity index is 2.27. The van der Waals surface area contributed by atoms with Crippen LogP contribution in [0.2, 0.25) is 0 Å². The number of phenolic OH excluding ortho intramolecular Hbond substituents is 1. The molecule has 4 atom stereocenters. The van der Waals surface area contributed by atoms with Gasteiger partial charge in [0.25, 0.3) is 0 Å². The second kappa shape index (κ2) is 10.1. The van der Waals surface area contributed by atoms with Gasteiger partial charge in [0.1, 0.15) is 5.78 Å². The molecule has 1 saturated carbocycles. The predicted molar refractivity (Wildman–Crippen MR) is 125 cm³/mol. The molecule has 3 unspecified atom stereocenters. The third-order valence-electron chi connectivity index (χ3n) is 7.58. The number of phenols is 1. The lowest BCUT2D eigenvalue weighted by Gasteiger charge is -2.54. The largest absolute Gasteiger partial charge is 0.504 e. The van der Waals surface area contributed by atoms with Gasteiger partial charge in [0.15, 0.2) is 11.5 Å². The first-order valence-corrected chi connectivity index (χ1v) is 11.8. The Bertz CT molecular complexity index is 893. The Hall–Kier alpha value is -2.34. The summed E-state index contributed by atoms with van der Waals surface area (Å²) in [6.45, 7) is 7.38. The van der Waals surface area contributed by atoms with E-state index in [0.717, 1.165) is 48.9 Å². The highest BCUT2D eigenvalue weighted by atomic mass is 16.5. The molecule has 0 aliphatic heterocycles. The number of rotatable bonds is 8. The molecule has 2 aliphatic carbocycles. The molecule has 6 nitrogen and oxygen atoms in total. The van der Waals surface area contributed by atoms with E-state index in [1.165, 1.54) is 20.3 Å². The molecule has 0 bridgehead atoms. The molecule has 0 saturated heterocycles. The van der Waals surface area contributed by atoms with Crippen molar-refractivity contribution in [2.24, 2.45) is 5.92 Å². The van der Waals surface area contributed by atoms with Gasteiger partial charge in [-0.1, -0.05) is 27.2 Å². The molecular weight excluding hydrogens is 406 g/mol. The van der Waals surface area contributed by atoms with Gasteiger partial charge in [0.2, 0.25) is 0 Å². The fourth-order valence-corrected chi connectivity index (χ4v) is 6.01. The minimum Gasteiger partial charge on any atom is -0.504 e. The zero-order chi connectivity index (χ0) is 23.5. The molecule has 0 spiro atoms. The third-order valence-corrected chi connectivity index (χ3v) is 7.58. The second-order valence-corrected chi connectivity index (χ2v) is 9.15. The molecule has 1 aromatic rings. The van der Waals surface area contributed by atoms with Gasteiger partial charge < -0.3 is 19.9 Å². The van der Waals surface area contributed by atoms with E-state index in [1.807, 2.05) is 0 Å². The summed E-state index contributed by atoms with van der Waals surface area (Å²) in [5, 5.41) is 15.1. The van der Waals surface area contributed by atoms with Crippen LogP contribution in [0.3, 0.4) is 0 Å². The fraction of sp³-hybridized carbons (Fsp3) is 0.615. The van der Waals surface area contributed by atoms with Gasteiger partial charge >= 0.3 is 5.97 Å². The van der Waals surface area contributed by atoms with Crippen molar-refractivity contribution in [3.05, 3.63) is 28.8 Å². The molecule has 176 valence electrons. The molecule has 0 aromatic heterocycles. The van der Waals surface area contributed by atoms with Crippen LogP contribution in [-0.2, 0) is 19.7 Å². The van der Waals surface area contributed by atoms with Crippen molar-refractivity contribution >= 4 is 17.8 Å². The number of unbranched alkanes of at least 4 members (excludes halogenated alkanes) is 1. The summed E-state index contributed by atoms with van der Waals surface area (Å²) in [5.41, 5.74) is 2.17. The van der Waals surface area contributed by atoms with Crippen LogP contribution >= 0.6 is 0 Å². The molecule has 0 radical (unpaired) electrons.